The molecule has 0 radical (unpaired) electrons. The van der Waals surface area contributed by atoms with Crippen molar-refractivity contribution in [2.24, 2.45) is 5.73 Å². The van der Waals surface area contributed by atoms with Gasteiger partial charge in [-0.05, 0) is 51.8 Å². The van der Waals surface area contributed by atoms with Crippen molar-refractivity contribution in [2.45, 2.75) is 45.4 Å². The van der Waals surface area contributed by atoms with Crippen LogP contribution in [0.4, 0.5) is 0 Å². The fourth-order valence-corrected chi connectivity index (χ4v) is 2.60. The van der Waals surface area contributed by atoms with E-state index in [1.54, 1.807) is 20.8 Å². The second-order valence-corrected chi connectivity index (χ2v) is 8.96. The standard InChI is InChI=1S/C15H25NO3S/c1-11-10-13(12(2)16)6-7-14(11)19-8-9-20(17,18)15(3,4)5/h6-7,10,12H,8-9,16H2,1-5H3/t12-/m1/s1. The predicted molar refractivity (Wildman–Crippen MR) is 82.8 cm³/mol. The minimum atomic E-state index is -3.15. The van der Waals surface area contributed by atoms with E-state index in [0.29, 0.717) is 5.75 Å². The van der Waals surface area contributed by atoms with Gasteiger partial charge in [-0.25, -0.2) is 8.42 Å². The van der Waals surface area contributed by atoms with E-state index in [4.69, 9.17) is 10.5 Å². The van der Waals surface area contributed by atoms with Crippen LogP contribution in [0, 0.1) is 6.92 Å². The number of hydrogen-bond donors (Lipinski definition) is 1. The largest absolute Gasteiger partial charge is 0.492 e. The highest BCUT2D eigenvalue weighted by molar-refractivity contribution is 7.92. The maximum Gasteiger partial charge on any atom is 0.158 e. The van der Waals surface area contributed by atoms with Crippen LogP contribution in [-0.2, 0) is 9.84 Å². The molecule has 0 aliphatic rings. The molecule has 0 spiro atoms. The van der Waals surface area contributed by atoms with Crippen molar-refractivity contribution in [1.29, 1.82) is 0 Å². The first kappa shape index (κ1) is 17.0. The average Bonchev–Trinajstić information content (AvgIpc) is 2.29. The van der Waals surface area contributed by atoms with E-state index in [9.17, 15) is 8.42 Å². The van der Waals surface area contributed by atoms with Crippen LogP contribution in [0.5, 0.6) is 5.75 Å². The van der Waals surface area contributed by atoms with Crippen LogP contribution in [0.25, 0.3) is 0 Å². The fraction of sp³-hybridized carbons (Fsp3) is 0.600. The molecule has 0 aromatic heterocycles. The van der Waals surface area contributed by atoms with Crippen LogP contribution < -0.4 is 10.5 Å². The first-order valence-electron chi connectivity index (χ1n) is 6.76. The monoisotopic (exact) mass is 299 g/mol. The molecule has 20 heavy (non-hydrogen) atoms. The van der Waals surface area contributed by atoms with Gasteiger partial charge in [-0.2, -0.15) is 0 Å². The number of hydrogen-bond acceptors (Lipinski definition) is 4. The predicted octanol–water partition coefficient (Wildman–Crippen LogP) is 2.61. The van der Waals surface area contributed by atoms with Gasteiger partial charge in [-0.3, -0.25) is 0 Å². The summed E-state index contributed by atoms with van der Waals surface area (Å²) in [6.45, 7) is 9.11. The van der Waals surface area contributed by atoms with Crippen LogP contribution in [0.3, 0.4) is 0 Å². The lowest BCUT2D eigenvalue weighted by Gasteiger charge is -2.19. The number of aryl methyl sites for hydroxylation is 1. The van der Waals surface area contributed by atoms with Crippen molar-refractivity contribution < 1.29 is 13.2 Å². The fourth-order valence-electron chi connectivity index (χ4n) is 1.69. The Balaban J connectivity index is 2.68. The molecule has 0 bridgehead atoms. The minimum Gasteiger partial charge on any atom is -0.492 e. The molecule has 0 saturated heterocycles. The lowest BCUT2D eigenvalue weighted by Crippen LogP contribution is -2.32. The van der Waals surface area contributed by atoms with Gasteiger partial charge in [0.2, 0.25) is 0 Å². The van der Waals surface area contributed by atoms with Crippen molar-refractivity contribution in [3.63, 3.8) is 0 Å². The first-order chi connectivity index (χ1) is 9.04. The summed E-state index contributed by atoms with van der Waals surface area (Å²) in [5.41, 5.74) is 7.82. The van der Waals surface area contributed by atoms with Gasteiger partial charge in [0.1, 0.15) is 12.4 Å². The van der Waals surface area contributed by atoms with Gasteiger partial charge in [0.05, 0.1) is 10.5 Å². The molecule has 0 amide bonds. The molecule has 1 atom stereocenters. The number of rotatable bonds is 5. The SMILES string of the molecule is Cc1cc([C@@H](C)N)ccc1OCCS(=O)(=O)C(C)(C)C. The quantitative estimate of drug-likeness (QED) is 0.907. The molecule has 2 N–H and O–H groups in total. The Labute approximate surface area is 122 Å². The molecule has 5 heteroatoms. The molecule has 114 valence electrons. The zero-order chi connectivity index (χ0) is 15.6. The van der Waals surface area contributed by atoms with E-state index < -0.39 is 14.6 Å². The summed E-state index contributed by atoms with van der Waals surface area (Å²) in [5, 5.41) is 0. The summed E-state index contributed by atoms with van der Waals surface area (Å²) in [6, 6.07) is 5.70. The lowest BCUT2D eigenvalue weighted by atomic mass is 10.1. The van der Waals surface area contributed by atoms with Gasteiger partial charge < -0.3 is 10.5 Å². The maximum absolute atomic E-state index is 12.0. The summed E-state index contributed by atoms with van der Waals surface area (Å²) >= 11 is 0. The van der Waals surface area contributed by atoms with Gasteiger partial charge in [-0.15, -0.1) is 0 Å². The number of benzene rings is 1. The van der Waals surface area contributed by atoms with Crippen LogP contribution >= 0.6 is 0 Å². The highest BCUT2D eigenvalue weighted by atomic mass is 32.2. The molecular weight excluding hydrogens is 274 g/mol. The van der Waals surface area contributed by atoms with Crippen LogP contribution in [0.15, 0.2) is 18.2 Å². The Morgan fingerprint density at radius 3 is 2.35 bits per heavy atom. The zero-order valence-electron chi connectivity index (χ0n) is 12.9. The van der Waals surface area contributed by atoms with E-state index in [-0.39, 0.29) is 18.4 Å². The molecule has 1 aromatic rings. The second-order valence-electron chi connectivity index (χ2n) is 6.09. The lowest BCUT2D eigenvalue weighted by molar-refractivity contribution is 0.337. The summed E-state index contributed by atoms with van der Waals surface area (Å²) in [7, 11) is -3.15. The van der Waals surface area contributed by atoms with Crippen molar-refractivity contribution in [1.82, 2.24) is 0 Å². The number of sulfone groups is 1. The summed E-state index contributed by atoms with van der Waals surface area (Å²) in [5.74, 6) is 0.726. The Kier molecular flexibility index (Phi) is 5.21. The van der Waals surface area contributed by atoms with Gasteiger partial charge >= 0.3 is 0 Å². The molecule has 1 aromatic carbocycles. The number of nitrogens with two attached hydrogens (primary N) is 1. The van der Waals surface area contributed by atoms with E-state index >= 15 is 0 Å². The molecule has 0 unspecified atom stereocenters. The Hall–Kier alpha value is -1.07. The second kappa shape index (κ2) is 6.14. The van der Waals surface area contributed by atoms with Crippen molar-refractivity contribution >= 4 is 9.84 Å². The molecule has 4 nitrogen and oxygen atoms in total. The molecule has 0 saturated carbocycles. The summed E-state index contributed by atoms with van der Waals surface area (Å²) in [6.07, 6.45) is 0. The van der Waals surface area contributed by atoms with Gasteiger partial charge in [0, 0.05) is 6.04 Å². The van der Waals surface area contributed by atoms with Crippen molar-refractivity contribution in [3.05, 3.63) is 29.3 Å². The van der Waals surface area contributed by atoms with E-state index in [0.717, 1.165) is 11.1 Å². The Morgan fingerprint density at radius 1 is 1.30 bits per heavy atom. The minimum absolute atomic E-state index is 0.0188. The third-order valence-corrected chi connectivity index (χ3v) is 5.84. The van der Waals surface area contributed by atoms with E-state index in [2.05, 4.69) is 0 Å². The van der Waals surface area contributed by atoms with Crippen molar-refractivity contribution in [3.8, 4) is 5.75 Å². The Morgan fingerprint density at radius 2 is 1.90 bits per heavy atom. The average molecular weight is 299 g/mol. The molecule has 0 fully saturated rings. The van der Waals surface area contributed by atoms with Gasteiger partial charge in [0.15, 0.2) is 9.84 Å². The Bertz CT molecular complexity index is 557. The normalized spacial score (nSPS) is 14.1. The summed E-state index contributed by atoms with van der Waals surface area (Å²) < 4.78 is 28.8. The third-order valence-electron chi connectivity index (χ3n) is 3.27. The highest BCUT2D eigenvalue weighted by Gasteiger charge is 2.28. The van der Waals surface area contributed by atoms with E-state index in [1.807, 2.05) is 32.0 Å². The number of ether oxygens (including phenoxy) is 1. The van der Waals surface area contributed by atoms with Crippen LogP contribution in [0.2, 0.25) is 0 Å². The van der Waals surface area contributed by atoms with Crippen LogP contribution in [-0.4, -0.2) is 25.5 Å². The van der Waals surface area contributed by atoms with Gasteiger partial charge in [0.25, 0.3) is 0 Å². The van der Waals surface area contributed by atoms with Crippen LogP contribution in [0.1, 0.15) is 44.9 Å². The smallest absolute Gasteiger partial charge is 0.158 e. The molecular formula is C15H25NO3S. The maximum atomic E-state index is 12.0. The topological polar surface area (TPSA) is 69.4 Å². The molecule has 0 heterocycles. The highest BCUT2D eigenvalue weighted by Crippen LogP contribution is 2.22. The van der Waals surface area contributed by atoms with Gasteiger partial charge in [-0.1, -0.05) is 12.1 Å². The molecule has 1 rings (SSSR count). The zero-order valence-corrected chi connectivity index (χ0v) is 13.8. The summed E-state index contributed by atoms with van der Waals surface area (Å²) in [4.78, 5) is 0. The third kappa shape index (κ3) is 4.21. The molecule has 0 aliphatic carbocycles. The first-order valence-corrected chi connectivity index (χ1v) is 8.41. The molecule has 0 aliphatic heterocycles. The van der Waals surface area contributed by atoms with Crippen molar-refractivity contribution in [2.75, 3.05) is 12.4 Å². The van der Waals surface area contributed by atoms with E-state index in [1.165, 1.54) is 0 Å².